The van der Waals surface area contributed by atoms with Crippen LogP contribution in [0.5, 0.6) is 0 Å². The number of benzene rings is 1. The summed E-state index contributed by atoms with van der Waals surface area (Å²) in [4.78, 5) is 15.4. The quantitative estimate of drug-likeness (QED) is 0.725. The number of halogens is 1. The van der Waals surface area contributed by atoms with Crippen LogP contribution in [0.4, 0.5) is 0 Å². The highest BCUT2D eigenvalue weighted by molar-refractivity contribution is 6.38. The first kappa shape index (κ1) is 19.8. The summed E-state index contributed by atoms with van der Waals surface area (Å²) < 4.78 is 1.74. The number of rotatable bonds is 3. The third kappa shape index (κ3) is 4.40. The number of fused-ring (bicyclic) bond motifs is 1. The van der Waals surface area contributed by atoms with Gasteiger partial charge in [-0.1, -0.05) is 49.4 Å². The lowest BCUT2D eigenvalue weighted by Gasteiger charge is -2.01. The van der Waals surface area contributed by atoms with Crippen LogP contribution in [-0.4, -0.2) is 20.5 Å². The largest absolute Gasteiger partial charge is 0.326 e. The first-order chi connectivity index (χ1) is 11.1. The summed E-state index contributed by atoms with van der Waals surface area (Å²) in [5.41, 5.74) is 7.70. The van der Waals surface area contributed by atoms with E-state index in [1.807, 2.05) is 37.3 Å². The van der Waals surface area contributed by atoms with E-state index in [4.69, 9.17) is 17.3 Å². The van der Waals surface area contributed by atoms with Crippen molar-refractivity contribution < 1.29 is 4.79 Å². The number of nitrogens with zero attached hydrogens (tertiary/aromatic N) is 3. The third-order valence-electron chi connectivity index (χ3n) is 3.36. The van der Waals surface area contributed by atoms with Crippen molar-refractivity contribution in [2.45, 2.75) is 34.4 Å². The number of pyridine rings is 1. The Morgan fingerprint density at radius 1 is 1.25 bits per heavy atom. The van der Waals surface area contributed by atoms with Crippen molar-refractivity contribution in [2.75, 3.05) is 0 Å². The van der Waals surface area contributed by atoms with E-state index in [-0.39, 0.29) is 13.2 Å². The van der Waals surface area contributed by atoms with Crippen molar-refractivity contribution in [2.24, 2.45) is 5.73 Å². The molecular weight excluding hydrogens is 324 g/mol. The number of hydrogen-bond donors (Lipinski definition) is 1. The van der Waals surface area contributed by atoms with Gasteiger partial charge in [0.05, 0.1) is 22.2 Å². The average Bonchev–Trinajstić information content (AvgIpc) is 3.00. The van der Waals surface area contributed by atoms with Crippen molar-refractivity contribution in [3.8, 4) is 0 Å². The second kappa shape index (κ2) is 9.15. The Kier molecular flexibility index (Phi) is 7.55. The molecule has 5 nitrogen and oxygen atoms in total. The highest BCUT2D eigenvalue weighted by atomic mass is 35.5. The molecular formula is C18H23ClN4O. The third-order valence-corrected chi connectivity index (χ3v) is 3.77. The van der Waals surface area contributed by atoms with Crippen LogP contribution in [0, 0.1) is 0 Å². The molecule has 128 valence electrons. The summed E-state index contributed by atoms with van der Waals surface area (Å²) in [6.07, 6.45) is 3.14. The van der Waals surface area contributed by atoms with Crippen LogP contribution < -0.4 is 5.73 Å². The molecule has 3 aromatic rings. The fourth-order valence-electron chi connectivity index (χ4n) is 2.09. The molecule has 0 aliphatic heterocycles. The summed E-state index contributed by atoms with van der Waals surface area (Å²) in [5, 5.41) is 5.30. The molecule has 0 radical (unpaired) electrons. The molecule has 2 N–H and O–H groups in total. The maximum absolute atomic E-state index is 11.2. The van der Waals surface area contributed by atoms with Gasteiger partial charge in [0, 0.05) is 19.3 Å². The van der Waals surface area contributed by atoms with E-state index in [2.05, 4.69) is 10.1 Å². The molecule has 2 heterocycles. The topological polar surface area (TPSA) is 73.8 Å². The first-order valence-electron chi connectivity index (χ1n) is 7.33. The van der Waals surface area contributed by atoms with Gasteiger partial charge in [-0.05, 0) is 19.4 Å². The van der Waals surface area contributed by atoms with E-state index in [0.29, 0.717) is 22.8 Å². The lowest BCUT2D eigenvalue weighted by atomic mass is 10.2. The van der Waals surface area contributed by atoms with Crippen molar-refractivity contribution in [3.63, 3.8) is 0 Å². The molecule has 0 saturated heterocycles. The number of ketones is 1. The summed E-state index contributed by atoms with van der Waals surface area (Å²) >= 11 is 6.09. The Morgan fingerprint density at radius 2 is 1.92 bits per heavy atom. The molecule has 6 heteroatoms. The maximum atomic E-state index is 11.2. The summed E-state index contributed by atoms with van der Waals surface area (Å²) in [6, 6.07) is 9.99. The van der Waals surface area contributed by atoms with Crippen LogP contribution in [0.25, 0.3) is 11.0 Å². The van der Waals surface area contributed by atoms with Crippen molar-refractivity contribution >= 4 is 28.4 Å². The zero-order valence-corrected chi connectivity index (χ0v) is 13.9. The van der Waals surface area contributed by atoms with Gasteiger partial charge in [-0.2, -0.15) is 5.10 Å². The minimum absolute atomic E-state index is 0. The molecule has 0 bridgehead atoms. The molecule has 0 unspecified atom stereocenters. The van der Waals surface area contributed by atoms with Crippen LogP contribution in [0.15, 0.2) is 42.7 Å². The van der Waals surface area contributed by atoms with E-state index in [1.165, 1.54) is 18.7 Å². The van der Waals surface area contributed by atoms with Gasteiger partial charge in [0.15, 0.2) is 11.4 Å². The number of Topliss-reactive ketones (excluding diaryl/α,β-unsaturated/α-hetero) is 1. The van der Waals surface area contributed by atoms with Gasteiger partial charge in [-0.25, -0.2) is 9.67 Å². The highest BCUT2D eigenvalue weighted by Crippen LogP contribution is 2.25. The maximum Gasteiger partial charge on any atom is 0.162 e. The molecule has 3 rings (SSSR count). The second-order valence-electron chi connectivity index (χ2n) is 4.93. The van der Waals surface area contributed by atoms with Crippen molar-refractivity contribution in [3.05, 3.63) is 58.9 Å². The van der Waals surface area contributed by atoms with Crippen molar-refractivity contribution in [1.29, 1.82) is 0 Å². The monoisotopic (exact) mass is 346 g/mol. The zero-order chi connectivity index (χ0) is 16.8. The van der Waals surface area contributed by atoms with Gasteiger partial charge >= 0.3 is 0 Å². The number of nitrogens with two attached hydrogens (primary N) is 1. The van der Waals surface area contributed by atoms with Crippen LogP contribution >= 0.6 is 11.6 Å². The summed E-state index contributed by atoms with van der Waals surface area (Å²) in [7, 11) is 0. The Morgan fingerprint density at radius 3 is 2.42 bits per heavy atom. The lowest BCUT2D eigenvalue weighted by molar-refractivity contribution is 0.101. The standard InChI is InChI=1S/C10H10ClN3O.C7H9N.CH4/c1-3-14-10-8(5-13-14)9(11)7(4-12-10)6(2)15;8-6-7-4-2-1-3-5-7;/h4-5H,3H2,1-2H3;1-5H,6,8H2;1H4. The molecule has 0 saturated carbocycles. The van der Waals surface area contributed by atoms with Gasteiger partial charge in [0.1, 0.15) is 0 Å². The molecule has 1 aromatic carbocycles. The predicted molar refractivity (Wildman–Crippen MR) is 99.3 cm³/mol. The Labute approximate surface area is 147 Å². The SMILES string of the molecule is C.CCn1ncc2c(Cl)c(C(C)=O)cnc21.NCc1ccccc1. The van der Waals surface area contributed by atoms with Crippen LogP contribution in [0.2, 0.25) is 5.02 Å². The average molecular weight is 347 g/mol. The minimum Gasteiger partial charge on any atom is -0.326 e. The van der Waals surface area contributed by atoms with Gasteiger partial charge in [0.25, 0.3) is 0 Å². The zero-order valence-electron chi connectivity index (χ0n) is 13.2. The summed E-state index contributed by atoms with van der Waals surface area (Å²) in [6.45, 7) is 4.81. The number of hydrogen-bond acceptors (Lipinski definition) is 4. The Balaban J connectivity index is 0.000000273. The van der Waals surface area contributed by atoms with E-state index >= 15 is 0 Å². The van der Waals surface area contributed by atoms with E-state index in [1.54, 1.807) is 10.9 Å². The molecule has 0 aliphatic carbocycles. The minimum atomic E-state index is -0.0846. The number of aromatic nitrogens is 3. The molecule has 2 aromatic heterocycles. The predicted octanol–water partition coefficient (Wildman–Crippen LogP) is 4.09. The van der Waals surface area contributed by atoms with Gasteiger partial charge < -0.3 is 5.73 Å². The fraction of sp³-hybridized carbons (Fsp3) is 0.278. The van der Waals surface area contributed by atoms with E-state index in [9.17, 15) is 4.79 Å². The number of carbonyl (C=O) groups is 1. The van der Waals surface area contributed by atoms with Crippen LogP contribution in [-0.2, 0) is 13.1 Å². The lowest BCUT2D eigenvalue weighted by Crippen LogP contribution is -1.99. The van der Waals surface area contributed by atoms with Crippen molar-refractivity contribution in [1.82, 2.24) is 14.8 Å². The van der Waals surface area contributed by atoms with Crippen LogP contribution in [0.3, 0.4) is 0 Å². The Bertz CT molecular complexity index is 799. The molecule has 0 aliphatic rings. The van der Waals surface area contributed by atoms with Gasteiger partial charge in [-0.3, -0.25) is 4.79 Å². The molecule has 0 spiro atoms. The first-order valence-corrected chi connectivity index (χ1v) is 7.71. The summed E-state index contributed by atoms with van der Waals surface area (Å²) in [5.74, 6) is -0.0846. The normalized spacial score (nSPS) is 9.83. The molecule has 24 heavy (non-hydrogen) atoms. The molecule has 0 amide bonds. The highest BCUT2D eigenvalue weighted by Gasteiger charge is 2.13. The smallest absolute Gasteiger partial charge is 0.162 e. The number of carbonyl (C=O) groups excluding carboxylic acids is 1. The molecule has 0 atom stereocenters. The van der Waals surface area contributed by atoms with Gasteiger partial charge in [0.2, 0.25) is 0 Å². The molecule has 0 fully saturated rings. The Hall–Kier alpha value is -2.24. The number of aryl methyl sites for hydroxylation is 1. The van der Waals surface area contributed by atoms with E-state index in [0.717, 1.165) is 11.9 Å². The van der Waals surface area contributed by atoms with Crippen LogP contribution in [0.1, 0.15) is 37.2 Å². The van der Waals surface area contributed by atoms with Gasteiger partial charge in [-0.15, -0.1) is 0 Å². The second-order valence-corrected chi connectivity index (χ2v) is 5.31. The van der Waals surface area contributed by atoms with E-state index < -0.39 is 0 Å². The fourth-order valence-corrected chi connectivity index (χ4v) is 2.40.